The standard InChI is InChI=1S/C14H20N2O3/c1-2-11(15)13(17)16-12(14(18)19)9-8-10-6-4-3-5-7-10/h3-7,11-12H,2,8-9,15H2,1H3,(H,16,17)(H,18,19). The first-order chi connectivity index (χ1) is 9.04. The molecule has 0 bridgehead atoms. The smallest absolute Gasteiger partial charge is 0.326 e. The largest absolute Gasteiger partial charge is 0.480 e. The van der Waals surface area contributed by atoms with E-state index in [0.29, 0.717) is 19.3 Å². The number of carbonyl (C=O) groups excluding carboxylic acids is 1. The molecule has 0 aliphatic carbocycles. The molecule has 5 heteroatoms. The number of nitrogens with one attached hydrogen (secondary N) is 1. The average molecular weight is 264 g/mol. The number of carbonyl (C=O) groups is 2. The van der Waals surface area contributed by atoms with E-state index in [4.69, 9.17) is 10.8 Å². The number of carboxylic acid groups (broad SMARTS) is 1. The van der Waals surface area contributed by atoms with Gasteiger partial charge in [-0.2, -0.15) is 0 Å². The monoisotopic (exact) mass is 264 g/mol. The van der Waals surface area contributed by atoms with Crippen LogP contribution >= 0.6 is 0 Å². The van der Waals surface area contributed by atoms with E-state index in [-0.39, 0.29) is 0 Å². The minimum atomic E-state index is -1.03. The summed E-state index contributed by atoms with van der Waals surface area (Å²) in [4.78, 5) is 22.7. The van der Waals surface area contributed by atoms with E-state index in [1.54, 1.807) is 6.92 Å². The minimum absolute atomic E-state index is 0.349. The molecule has 4 N–H and O–H groups in total. The zero-order chi connectivity index (χ0) is 14.3. The molecular weight excluding hydrogens is 244 g/mol. The number of aliphatic carboxylic acids is 1. The third-order valence-electron chi connectivity index (χ3n) is 2.96. The molecule has 1 aromatic carbocycles. The summed E-state index contributed by atoms with van der Waals surface area (Å²) >= 11 is 0. The summed E-state index contributed by atoms with van der Waals surface area (Å²) in [6, 6.07) is 8.01. The molecular formula is C14H20N2O3. The average Bonchev–Trinajstić information content (AvgIpc) is 2.42. The highest BCUT2D eigenvalue weighted by Gasteiger charge is 2.22. The Labute approximate surface area is 112 Å². The predicted molar refractivity (Wildman–Crippen MR) is 72.6 cm³/mol. The molecule has 0 aromatic heterocycles. The molecule has 0 radical (unpaired) electrons. The first-order valence-electron chi connectivity index (χ1n) is 6.37. The van der Waals surface area contributed by atoms with Gasteiger partial charge in [0.15, 0.2) is 0 Å². The Kier molecular flexibility index (Phi) is 6.02. The highest BCUT2D eigenvalue weighted by Crippen LogP contribution is 2.05. The molecule has 2 unspecified atom stereocenters. The van der Waals surface area contributed by atoms with Gasteiger partial charge >= 0.3 is 5.97 Å². The number of hydrogen-bond donors (Lipinski definition) is 3. The SMILES string of the molecule is CCC(N)C(=O)NC(CCc1ccccc1)C(=O)O. The summed E-state index contributed by atoms with van der Waals surface area (Å²) in [5.41, 5.74) is 6.61. The molecule has 0 aliphatic heterocycles. The zero-order valence-electron chi connectivity index (χ0n) is 11.0. The van der Waals surface area contributed by atoms with E-state index in [2.05, 4.69) is 5.32 Å². The summed E-state index contributed by atoms with van der Waals surface area (Å²) < 4.78 is 0. The first kappa shape index (κ1) is 15.2. The fourth-order valence-corrected chi connectivity index (χ4v) is 1.68. The second-order valence-corrected chi connectivity index (χ2v) is 4.44. The number of aryl methyl sites for hydroxylation is 1. The van der Waals surface area contributed by atoms with Crippen LogP contribution in [0, 0.1) is 0 Å². The molecule has 0 saturated heterocycles. The summed E-state index contributed by atoms with van der Waals surface area (Å²) in [5, 5.41) is 11.6. The van der Waals surface area contributed by atoms with Crippen LogP contribution in [0.3, 0.4) is 0 Å². The van der Waals surface area contributed by atoms with Crippen molar-refractivity contribution in [1.82, 2.24) is 5.32 Å². The van der Waals surface area contributed by atoms with Crippen LogP contribution in [0.2, 0.25) is 0 Å². The van der Waals surface area contributed by atoms with Gasteiger partial charge in [-0.15, -0.1) is 0 Å². The number of carboxylic acids is 1. The fraction of sp³-hybridized carbons (Fsp3) is 0.429. The van der Waals surface area contributed by atoms with Gasteiger partial charge in [-0.25, -0.2) is 4.79 Å². The van der Waals surface area contributed by atoms with Crippen LogP contribution in [0.4, 0.5) is 0 Å². The molecule has 104 valence electrons. The molecule has 2 atom stereocenters. The van der Waals surface area contributed by atoms with Crippen LogP contribution in [0.25, 0.3) is 0 Å². The van der Waals surface area contributed by atoms with Crippen LogP contribution in [0.1, 0.15) is 25.3 Å². The van der Waals surface area contributed by atoms with Crippen LogP contribution in [0.5, 0.6) is 0 Å². The number of hydrogen-bond acceptors (Lipinski definition) is 3. The maximum Gasteiger partial charge on any atom is 0.326 e. The van der Waals surface area contributed by atoms with Gasteiger partial charge in [0.05, 0.1) is 6.04 Å². The molecule has 1 rings (SSSR count). The van der Waals surface area contributed by atoms with Crippen molar-refractivity contribution in [3.8, 4) is 0 Å². The maximum atomic E-state index is 11.6. The van der Waals surface area contributed by atoms with Crippen molar-refractivity contribution in [3.05, 3.63) is 35.9 Å². The normalized spacial score (nSPS) is 13.6. The maximum absolute atomic E-state index is 11.6. The predicted octanol–water partition coefficient (Wildman–Crippen LogP) is 0.926. The Hall–Kier alpha value is -1.88. The highest BCUT2D eigenvalue weighted by molar-refractivity contribution is 5.86. The summed E-state index contributed by atoms with van der Waals surface area (Å²) in [6.07, 6.45) is 1.43. The van der Waals surface area contributed by atoms with Gasteiger partial charge in [0.1, 0.15) is 6.04 Å². The molecule has 0 spiro atoms. The van der Waals surface area contributed by atoms with Crippen molar-refractivity contribution in [2.24, 2.45) is 5.73 Å². The molecule has 0 heterocycles. The highest BCUT2D eigenvalue weighted by atomic mass is 16.4. The summed E-state index contributed by atoms with van der Waals surface area (Å²) in [7, 11) is 0. The van der Waals surface area contributed by atoms with Gasteiger partial charge in [-0.1, -0.05) is 37.3 Å². The van der Waals surface area contributed by atoms with Crippen molar-refractivity contribution in [3.63, 3.8) is 0 Å². The van der Waals surface area contributed by atoms with Crippen molar-refractivity contribution in [2.45, 2.75) is 38.3 Å². The second kappa shape index (κ2) is 7.53. The summed E-state index contributed by atoms with van der Waals surface area (Å²) in [5.74, 6) is -1.45. The van der Waals surface area contributed by atoms with Crippen molar-refractivity contribution in [1.29, 1.82) is 0 Å². The first-order valence-corrected chi connectivity index (χ1v) is 6.37. The van der Waals surface area contributed by atoms with Gasteiger partial charge in [0.25, 0.3) is 0 Å². The van der Waals surface area contributed by atoms with E-state index >= 15 is 0 Å². The lowest BCUT2D eigenvalue weighted by molar-refractivity contribution is -0.142. The Morgan fingerprint density at radius 1 is 1.32 bits per heavy atom. The number of amides is 1. The molecule has 19 heavy (non-hydrogen) atoms. The van der Waals surface area contributed by atoms with Crippen molar-refractivity contribution >= 4 is 11.9 Å². The number of nitrogens with two attached hydrogens (primary N) is 1. The third-order valence-corrected chi connectivity index (χ3v) is 2.96. The lowest BCUT2D eigenvalue weighted by Gasteiger charge is -2.17. The molecule has 1 amide bonds. The number of benzene rings is 1. The Morgan fingerprint density at radius 2 is 1.95 bits per heavy atom. The van der Waals surface area contributed by atoms with Crippen molar-refractivity contribution < 1.29 is 14.7 Å². The Morgan fingerprint density at radius 3 is 2.47 bits per heavy atom. The second-order valence-electron chi connectivity index (χ2n) is 4.44. The molecule has 0 fully saturated rings. The van der Waals surface area contributed by atoms with E-state index in [1.165, 1.54) is 0 Å². The third kappa shape index (κ3) is 5.09. The van der Waals surface area contributed by atoms with Gasteiger partial charge in [0, 0.05) is 0 Å². The molecule has 0 aliphatic rings. The number of rotatable bonds is 7. The summed E-state index contributed by atoms with van der Waals surface area (Å²) in [6.45, 7) is 1.78. The lowest BCUT2D eigenvalue weighted by atomic mass is 10.0. The topological polar surface area (TPSA) is 92.4 Å². The van der Waals surface area contributed by atoms with Crippen LogP contribution < -0.4 is 11.1 Å². The van der Waals surface area contributed by atoms with Crippen LogP contribution in [-0.2, 0) is 16.0 Å². The van der Waals surface area contributed by atoms with Gasteiger partial charge in [0.2, 0.25) is 5.91 Å². The van der Waals surface area contributed by atoms with E-state index < -0.39 is 24.0 Å². The van der Waals surface area contributed by atoms with Gasteiger partial charge in [-0.3, -0.25) is 4.79 Å². The fourth-order valence-electron chi connectivity index (χ4n) is 1.68. The lowest BCUT2D eigenvalue weighted by Crippen LogP contribution is -2.48. The van der Waals surface area contributed by atoms with E-state index in [9.17, 15) is 9.59 Å². The van der Waals surface area contributed by atoms with Gasteiger partial charge < -0.3 is 16.2 Å². The molecule has 1 aromatic rings. The van der Waals surface area contributed by atoms with Crippen LogP contribution in [-0.4, -0.2) is 29.1 Å². The minimum Gasteiger partial charge on any atom is -0.480 e. The van der Waals surface area contributed by atoms with E-state index in [0.717, 1.165) is 5.56 Å². The Balaban J connectivity index is 2.54. The van der Waals surface area contributed by atoms with Gasteiger partial charge in [-0.05, 0) is 24.8 Å². The van der Waals surface area contributed by atoms with E-state index in [1.807, 2.05) is 30.3 Å². The zero-order valence-corrected chi connectivity index (χ0v) is 11.0. The quantitative estimate of drug-likeness (QED) is 0.683. The van der Waals surface area contributed by atoms with Crippen LogP contribution in [0.15, 0.2) is 30.3 Å². The molecule has 5 nitrogen and oxygen atoms in total. The Bertz CT molecular complexity index is 420. The molecule has 0 saturated carbocycles. The van der Waals surface area contributed by atoms with Crippen molar-refractivity contribution in [2.75, 3.05) is 0 Å².